The molecule has 4 rings (SSSR count). The summed E-state index contributed by atoms with van der Waals surface area (Å²) in [4.78, 5) is 8.73. The smallest absolute Gasteiger partial charge is 0.226 e. The van der Waals surface area contributed by atoms with Gasteiger partial charge in [0, 0.05) is 38.5 Å². The number of oxazole rings is 1. The fourth-order valence-corrected chi connectivity index (χ4v) is 3.40. The molecule has 1 aliphatic heterocycles. The maximum Gasteiger partial charge on any atom is 0.226 e. The van der Waals surface area contributed by atoms with Gasteiger partial charge in [-0.25, -0.2) is 9.37 Å². The van der Waals surface area contributed by atoms with Crippen LogP contribution in [0.2, 0.25) is 0 Å². The van der Waals surface area contributed by atoms with Gasteiger partial charge in [-0.3, -0.25) is 4.99 Å². The van der Waals surface area contributed by atoms with Crippen LogP contribution in [0.4, 0.5) is 4.39 Å². The number of aliphatic imine (C=N–C) groups is 1. The van der Waals surface area contributed by atoms with E-state index in [4.69, 9.17) is 9.15 Å². The highest BCUT2D eigenvalue weighted by atomic mass is 19.1. The van der Waals surface area contributed by atoms with E-state index in [2.05, 4.69) is 38.8 Å². The van der Waals surface area contributed by atoms with Crippen molar-refractivity contribution in [1.29, 1.82) is 0 Å². The van der Waals surface area contributed by atoms with E-state index < -0.39 is 0 Å². The summed E-state index contributed by atoms with van der Waals surface area (Å²) in [6.45, 7) is 2.24. The molecule has 7 heteroatoms. The van der Waals surface area contributed by atoms with E-state index in [9.17, 15) is 4.39 Å². The molecular formula is C23H25FN4O2. The summed E-state index contributed by atoms with van der Waals surface area (Å²) in [5.41, 5.74) is 4.17. The predicted molar refractivity (Wildman–Crippen MR) is 114 cm³/mol. The van der Waals surface area contributed by atoms with Crippen LogP contribution >= 0.6 is 0 Å². The van der Waals surface area contributed by atoms with Gasteiger partial charge in [-0.1, -0.05) is 12.1 Å². The number of guanidine groups is 1. The third-order valence-electron chi connectivity index (χ3n) is 5.00. The highest BCUT2D eigenvalue weighted by Crippen LogP contribution is 2.25. The van der Waals surface area contributed by atoms with E-state index in [-0.39, 0.29) is 5.82 Å². The first kappa shape index (κ1) is 19.9. The molecule has 2 N–H and O–H groups in total. The lowest BCUT2D eigenvalue weighted by Crippen LogP contribution is -2.39. The first-order valence-electron chi connectivity index (χ1n) is 10.1. The normalized spacial score (nSPS) is 13.1. The number of aromatic nitrogens is 1. The number of ether oxygens (including phenoxy) is 1. The van der Waals surface area contributed by atoms with Crippen molar-refractivity contribution in [3.05, 3.63) is 71.4 Å². The minimum Gasteiger partial charge on any atom is -0.493 e. The molecule has 0 spiro atoms. The van der Waals surface area contributed by atoms with Crippen LogP contribution in [0.15, 0.2) is 58.1 Å². The van der Waals surface area contributed by atoms with Crippen LogP contribution in [0.1, 0.15) is 16.8 Å². The fraction of sp³-hybridized carbons (Fsp3) is 0.304. The number of fused-ring (bicyclic) bond motifs is 1. The molecule has 0 fully saturated rings. The Hall–Kier alpha value is -3.35. The Labute approximate surface area is 175 Å². The molecule has 0 amide bonds. The zero-order valence-electron chi connectivity index (χ0n) is 17.0. The van der Waals surface area contributed by atoms with Crippen molar-refractivity contribution >= 4 is 5.96 Å². The molecule has 0 saturated heterocycles. The van der Waals surface area contributed by atoms with Crippen LogP contribution in [0.25, 0.3) is 11.5 Å². The van der Waals surface area contributed by atoms with Crippen molar-refractivity contribution in [2.24, 2.45) is 4.99 Å². The van der Waals surface area contributed by atoms with Crippen LogP contribution in [0, 0.1) is 5.82 Å². The van der Waals surface area contributed by atoms with Gasteiger partial charge in [0.1, 0.15) is 17.8 Å². The molecule has 0 unspecified atom stereocenters. The lowest BCUT2D eigenvalue weighted by molar-refractivity contribution is 0.357. The average molecular weight is 408 g/mol. The first-order chi connectivity index (χ1) is 14.7. The monoisotopic (exact) mass is 408 g/mol. The lowest BCUT2D eigenvalue weighted by Gasteiger charge is -2.11. The second-order valence-electron chi connectivity index (χ2n) is 7.12. The van der Waals surface area contributed by atoms with Crippen molar-refractivity contribution in [2.45, 2.75) is 19.3 Å². The van der Waals surface area contributed by atoms with Gasteiger partial charge in [-0.05, 0) is 47.9 Å². The predicted octanol–water partition coefficient (Wildman–Crippen LogP) is 3.37. The molecule has 0 aliphatic carbocycles. The maximum absolute atomic E-state index is 13.0. The topological polar surface area (TPSA) is 71.7 Å². The lowest BCUT2D eigenvalue weighted by atomic mass is 10.1. The number of hydrogen-bond acceptors (Lipinski definition) is 4. The second kappa shape index (κ2) is 9.43. The van der Waals surface area contributed by atoms with Gasteiger partial charge in [-0.2, -0.15) is 0 Å². The SMILES string of the molecule is CN=C(NCCc1ccc2c(c1)CCO2)NCCc1coc(-c2ccc(F)cc2)n1. The van der Waals surface area contributed by atoms with Gasteiger partial charge >= 0.3 is 0 Å². The standard InChI is InChI=1S/C23H25FN4O2/c1-25-23(26-11-8-16-2-7-21-18(14-16)10-13-29-21)27-12-9-20-15-30-22(28-20)17-3-5-19(24)6-4-17/h2-7,14-15H,8-13H2,1H3,(H2,25,26,27). The van der Waals surface area contributed by atoms with Crippen molar-refractivity contribution in [3.8, 4) is 17.2 Å². The Morgan fingerprint density at radius 2 is 1.90 bits per heavy atom. The quantitative estimate of drug-likeness (QED) is 0.463. The second-order valence-corrected chi connectivity index (χ2v) is 7.12. The molecule has 1 aromatic heterocycles. The molecule has 30 heavy (non-hydrogen) atoms. The molecule has 0 radical (unpaired) electrons. The molecule has 2 aromatic carbocycles. The summed E-state index contributed by atoms with van der Waals surface area (Å²) in [7, 11) is 1.75. The third kappa shape index (κ3) is 4.97. The highest BCUT2D eigenvalue weighted by molar-refractivity contribution is 5.79. The number of nitrogens with zero attached hydrogens (tertiary/aromatic N) is 2. The van der Waals surface area contributed by atoms with E-state index >= 15 is 0 Å². The minimum atomic E-state index is -0.279. The van der Waals surface area contributed by atoms with Gasteiger partial charge in [-0.15, -0.1) is 0 Å². The van der Waals surface area contributed by atoms with Crippen LogP contribution in [-0.4, -0.2) is 37.7 Å². The van der Waals surface area contributed by atoms with Crippen molar-refractivity contribution in [1.82, 2.24) is 15.6 Å². The first-order valence-corrected chi connectivity index (χ1v) is 10.1. The Morgan fingerprint density at radius 1 is 1.10 bits per heavy atom. The molecule has 0 saturated carbocycles. The summed E-state index contributed by atoms with van der Waals surface area (Å²) < 4.78 is 24.1. The molecule has 6 nitrogen and oxygen atoms in total. The molecule has 2 heterocycles. The number of hydrogen-bond donors (Lipinski definition) is 2. The van der Waals surface area contributed by atoms with Gasteiger partial charge < -0.3 is 19.8 Å². The van der Waals surface area contributed by atoms with Gasteiger partial charge in [0.05, 0.1) is 12.3 Å². The van der Waals surface area contributed by atoms with Crippen LogP contribution in [0.5, 0.6) is 5.75 Å². The van der Waals surface area contributed by atoms with Crippen molar-refractivity contribution in [2.75, 3.05) is 26.7 Å². The van der Waals surface area contributed by atoms with Gasteiger partial charge in [0.2, 0.25) is 5.89 Å². The molecular weight excluding hydrogens is 383 g/mol. The Balaban J connectivity index is 1.21. The van der Waals surface area contributed by atoms with E-state index in [0.717, 1.165) is 49.0 Å². The van der Waals surface area contributed by atoms with Gasteiger partial charge in [0.15, 0.2) is 5.96 Å². The minimum absolute atomic E-state index is 0.279. The zero-order chi connectivity index (χ0) is 20.8. The summed E-state index contributed by atoms with van der Waals surface area (Å²) in [5, 5.41) is 6.63. The summed E-state index contributed by atoms with van der Waals surface area (Å²) in [6, 6.07) is 12.5. The zero-order valence-corrected chi connectivity index (χ0v) is 17.0. The summed E-state index contributed by atoms with van der Waals surface area (Å²) in [5.74, 6) is 1.98. The van der Waals surface area contributed by atoms with E-state index in [1.54, 1.807) is 25.4 Å². The maximum atomic E-state index is 13.0. The Bertz CT molecular complexity index is 1010. The Morgan fingerprint density at radius 3 is 2.70 bits per heavy atom. The highest BCUT2D eigenvalue weighted by Gasteiger charge is 2.12. The van der Waals surface area contributed by atoms with E-state index in [0.29, 0.717) is 18.9 Å². The van der Waals surface area contributed by atoms with Crippen molar-refractivity contribution < 1.29 is 13.5 Å². The molecule has 156 valence electrons. The van der Waals surface area contributed by atoms with Crippen LogP contribution in [-0.2, 0) is 19.3 Å². The van der Waals surface area contributed by atoms with Crippen LogP contribution < -0.4 is 15.4 Å². The van der Waals surface area contributed by atoms with Gasteiger partial charge in [0.25, 0.3) is 0 Å². The number of nitrogens with one attached hydrogen (secondary N) is 2. The van der Waals surface area contributed by atoms with E-state index in [1.807, 2.05) is 0 Å². The van der Waals surface area contributed by atoms with E-state index in [1.165, 1.54) is 23.3 Å². The third-order valence-corrected chi connectivity index (χ3v) is 5.00. The molecule has 1 aliphatic rings. The summed E-state index contributed by atoms with van der Waals surface area (Å²) >= 11 is 0. The number of rotatable bonds is 7. The molecule has 0 bridgehead atoms. The van der Waals surface area contributed by atoms with Crippen molar-refractivity contribution in [3.63, 3.8) is 0 Å². The number of benzene rings is 2. The molecule has 3 aromatic rings. The average Bonchev–Trinajstić information content (AvgIpc) is 3.42. The largest absolute Gasteiger partial charge is 0.493 e. The van der Waals surface area contributed by atoms with Crippen LogP contribution in [0.3, 0.4) is 0 Å². The summed E-state index contributed by atoms with van der Waals surface area (Å²) in [6.07, 6.45) is 4.23. The number of halogens is 1. The fourth-order valence-electron chi connectivity index (χ4n) is 3.40. The molecule has 0 atom stereocenters. The Kier molecular flexibility index (Phi) is 6.27.